The van der Waals surface area contributed by atoms with Crippen LogP contribution in [0.3, 0.4) is 0 Å². The van der Waals surface area contributed by atoms with Crippen molar-refractivity contribution in [1.82, 2.24) is 14.5 Å². The van der Waals surface area contributed by atoms with Crippen LogP contribution in [0.25, 0.3) is 11.4 Å². The van der Waals surface area contributed by atoms with Gasteiger partial charge in [0.2, 0.25) is 5.91 Å². The summed E-state index contributed by atoms with van der Waals surface area (Å²) >= 11 is 6.27. The highest BCUT2D eigenvalue weighted by atomic mass is 35.5. The largest absolute Gasteiger partial charge is 0.343 e. The Morgan fingerprint density at radius 3 is 2.58 bits per heavy atom. The Bertz CT molecular complexity index is 1230. The zero-order valence-electron chi connectivity index (χ0n) is 21.2. The van der Waals surface area contributed by atoms with Crippen LogP contribution >= 0.6 is 11.6 Å². The SMILES string of the molecule is CC1CCCC1CC1CCN(C(=O)CCC2(c3ccc(Cl)cc3)c3ccccc3-c3nccn32)CC1. The lowest BCUT2D eigenvalue weighted by Gasteiger charge is -2.36. The van der Waals surface area contributed by atoms with Gasteiger partial charge < -0.3 is 9.47 Å². The van der Waals surface area contributed by atoms with Crippen LogP contribution in [0.15, 0.2) is 60.9 Å². The van der Waals surface area contributed by atoms with E-state index in [1.165, 1.54) is 31.2 Å². The number of carbonyl (C=O) groups excluding carboxylic acids is 1. The highest BCUT2D eigenvalue weighted by Crippen LogP contribution is 2.49. The van der Waals surface area contributed by atoms with Crippen LogP contribution in [0.1, 0.15) is 69.4 Å². The fourth-order valence-corrected chi connectivity index (χ4v) is 7.39. The summed E-state index contributed by atoms with van der Waals surface area (Å²) in [6, 6.07) is 16.6. The van der Waals surface area contributed by atoms with E-state index < -0.39 is 5.54 Å². The molecular formula is C31H36ClN3O. The zero-order chi connectivity index (χ0) is 24.7. The Kier molecular flexibility index (Phi) is 6.41. The summed E-state index contributed by atoms with van der Waals surface area (Å²) < 4.78 is 2.27. The summed E-state index contributed by atoms with van der Waals surface area (Å²) in [5, 5.41) is 0.719. The minimum atomic E-state index is -0.459. The maximum atomic E-state index is 13.5. The van der Waals surface area contributed by atoms with E-state index >= 15 is 0 Å². The van der Waals surface area contributed by atoms with Crippen molar-refractivity contribution in [3.05, 3.63) is 77.1 Å². The molecule has 2 aliphatic heterocycles. The molecule has 4 nitrogen and oxygen atoms in total. The lowest BCUT2D eigenvalue weighted by Crippen LogP contribution is -2.40. The first kappa shape index (κ1) is 23.8. The van der Waals surface area contributed by atoms with E-state index in [2.05, 4.69) is 59.0 Å². The van der Waals surface area contributed by atoms with Crippen molar-refractivity contribution in [3.8, 4) is 11.4 Å². The number of likely N-dealkylation sites (tertiary alicyclic amines) is 1. The molecule has 1 saturated heterocycles. The molecular weight excluding hydrogens is 466 g/mol. The third kappa shape index (κ3) is 4.08. The van der Waals surface area contributed by atoms with Crippen molar-refractivity contribution in [3.63, 3.8) is 0 Å². The van der Waals surface area contributed by atoms with Crippen molar-refractivity contribution in [2.75, 3.05) is 13.1 Å². The minimum Gasteiger partial charge on any atom is -0.343 e. The van der Waals surface area contributed by atoms with Gasteiger partial charge in [0.1, 0.15) is 5.82 Å². The number of benzene rings is 2. The summed E-state index contributed by atoms with van der Waals surface area (Å²) in [7, 11) is 0. The van der Waals surface area contributed by atoms with Gasteiger partial charge in [-0.25, -0.2) is 4.98 Å². The molecule has 2 fully saturated rings. The Morgan fingerprint density at radius 2 is 1.83 bits per heavy atom. The van der Waals surface area contributed by atoms with Gasteiger partial charge in [0, 0.05) is 42.5 Å². The molecule has 0 radical (unpaired) electrons. The molecule has 3 atom stereocenters. The number of halogens is 1. The van der Waals surface area contributed by atoms with E-state index in [1.54, 1.807) is 0 Å². The number of fused-ring (bicyclic) bond motifs is 3. The standard InChI is InChI=1S/C31H36ClN3O/c1-22-5-4-6-24(22)21-23-14-18-34(19-15-23)29(36)13-16-31(25-9-11-26(32)12-10-25)28-8-3-2-7-27(28)30-33-17-20-35(30)31/h2-3,7-12,17,20,22-24H,4-6,13-16,18-19,21H2,1H3. The van der Waals surface area contributed by atoms with Crippen LogP contribution in [0.5, 0.6) is 0 Å². The van der Waals surface area contributed by atoms with Crippen LogP contribution in [-0.4, -0.2) is 33.4 Å². The van der Waals surface area contributed by atoms with Crippen LogP contribution in [-0.2, 0) is 10.3 Å². The number of rotatable bonds is 6. The second-order valence-corrected chi connectivity index (χ2v) is 11.7. The fraction of sp³-hybridized carbons (Fsp3) is 0.484. The molecule has 1 aliphatic carbocycles. The van der Waals surface area contributed by atoms with Gasteiger partial charge in [-0.05, 0) is 66.7 Å². The Labute approximate surface area is 219 Å². The molecule has 2 aromatic carbocycles. The summed E-state index contributed by atoms with van der Waals surface area (Å²) in [5.74, 6) is 3.83. The number of nitrogens with zero attached hydrogens (tertiary/aromatic N) is 3. The molecule has 3 unspecified atom stereocenters. The summed E-state index contributed by atoms with van der Waals surface area (Å²) in [4.78, 5) is 20.3. The monoisotopic (exact) mass is 501 g/mol. The molecule has 1 saturated carbocycles. The molecule has 6 rings (SSSR count). The lowest BCUT2D eigenvalue weighted by atomic mass is 9.79. The summed E-state index contributed by atoms with van der Waals surface area (Å²) in [6.07, 6.45) is 13.0. The van der Waals surface area contributed by atoms with Crippen LogP contribution in [0, 0.1) is 17.8 Å². The Hall–Kier alpha value is -2.59. The van der Waals surface area contributed by atoms with Crippen LogP contribution in [0.4, 0.5) is 0 Å². The maximum absolute atomic E-state index is 13.5. The number of aromatic nitrogens is 2. The normalized spacial score (nSPS) is 25.7. The van der Waals surface area contributed by atoms with E-state index in [0.29, 0.717) is 12.8 Å². The number of piperidine rings is 1. The van der Waals surface area contributed by atoms with Crippen molar-refractivity contribution in [2.24, 2.45) is 17.8 Å². The third-order valence-electron chi connectivity index (χ3n) is 9.33. The number of imidazole rings is 1. The van der Waals surface area contributed by atoms with E-state index in [-0.39, 0.29) is 5.91 Å². The third-order valence-corrected chi connectivity index (χ3v) is 9.58. The molecule has 3 aromatic rings. The molecule has 5 heteroatoms. The van der Waals surface area contributed by atoms with Crippen molar-refractivity contribution < 1.29 is 4.79 Å². The van der Waals surface area contributed by atoms with Gasteiger partial charge in [0.15, 0.2) is 0 Å². The second kappa shape index (κ2) is 9.70. The molecule has 3 aliphatic rings. The van der Waals surface area contributed by atoms with Gasteiger partial charge in [-0.3, -0.25) is 4.79 Å². The lowest BCUT2D eigenvalue weighted by molar-refractivity contribution is -0.133. The average molecular weight is 502 g/mol. The molecule has 3 heterocycles. The number of carbonyl (C=O) groups is 1. The number of hydrogen-bond acceptors (Lipinski definition) is 2. The molecule has 0 bridgehead atoms. The van der Waals surface area contributed by atoms with Gasteiger partial charge in [-0.2, -0.15) is 0 Å². The van der Waals surface area contributed by atoms with Gasteiger partial charge in [0.25, 0.3) is 0 Å². The van der Waals surface area contributed by atoms with Gasteiger partial charge >= 0.3 is 0 Å². The number of hydrogen-bond donors (Lipinski definition) is 0. The first-order valence-electron chi connectivity index (χ1n) is 13.7. The predicted molar refractivity (Wildman–Crippen MR) is 145 cm³/mol. The van der Waals surface area contributed by atoms with Crippen LogP contribution in [0.2, 0.25) is 5.02 Å². The first-order valence-corrected chi connectivity index (χ1v) is 14.1. The van der Waals surface area contributed by atoms with Crippen molar-refractivity contribution in [1.29, 1.82) is 0 Å². The van der Waals surface area contributed by atoms with Gasteiger partial charge in [-0.15, -0.1) is 0 Å². The highest BCUT2D eigenvalue weighted by molar-refractivity contribution is 6.30. The maximum Gasteiger partial charge on any atom is 0.222 e. The van der Waals surface area contributed by atoms with Crippen molar-refractivity contribution >= 4 is 17.5 Å². The molecule has 0 N–H and O–H groups in total. The molecule has 1 amide bonds. The molecule has 188 valence electrons. The quantitative estimate of drug-likeness (QED) is 0.359. The Morgan fingerprint density at radius 1 is 1.06 bits per heavy atom. The smallest absolute Gasteiger partial charge is 0.222 e. The topological polar surface area (TPSA) is 38.1 Å². The zero-order valence-corrected chi connectivity index (χ0v) is 22.0. The van der Waals surface area contributed by atoms with Gasteiger partial charge in [-0.1, -0.05) is 74.2 Å². The van der Waals surface area contributed by atoms with E-state index in [1.807, 2.05) is 18.3 Å². The first-order chi connectivity index (χ1) is 17.6. The Balaban J connectivity index is 1.20. The summed E-state index contributed by atoms with van der Waals surface area (Å²) in [6.45, 7) is 4.25. The molecule has 0 spiro atoms. The number of amides is 1. The van der Waals surface area contributed by atoms with Crippen molar-refractivity contribution in [2.45, 2.75) is 63.8 Å². The van der Waals surface area contributed by atoms with E-state index in [9.17, 15) is 4.79 Å². The van der Waals surface area contributed by atoms with Crippen LogP contribution < -0.4 is 0 Å². The average Bonchev–Trinajstić information content (AvgIpc) is 3.61. The second-order valence-electron chi connectivity index (χ2n) is 11.3. The summed E-state index contributed by atoms with van der Waals surface area (Å²) in [5.41, 5.74) is 3.05. The fourth-order valence-electron chi connectivity index (χ4n) is 7.26. The molecule has 1 aromatic heterocycles. The highest BCUT2D eigenvalue weighted by Gasteiger charge is 2.45. The minimum absolute atomic E-state index is 0.280. The molecule has 36 heavy (non-hydrogen) atoms. The van der Waals surface area contributed by atoms with Gasteiger partial charge in [0.05, 0.1) is 5.54 Å². The van der Waals surface area contributed by atoms with E-state index in [0.717, 1.165) is 65.7 Å². The van der Waals surface area contributed by atoms with E-state index in [4.69, 9.17) is 16.6 Å². The predicted octanol–water partition coefficient (Wildman–Crippen LogP) is 7.15.